The molecule has 3 aliphatic rings. The lowest BCUT2D eigenvalue weighted by molar-refractivity contribution is -0.119. The van der Waals surface area contributed by atoms with Crippen molar-refractivity contribution in [1.29, 1.82) is 0 Å². The summed E-state index contributed by atoms with van der Waals surface area (Å²) < 4.78 is 38.6. The van der Waals surface area contributed by atoms with Crippen LogP contribution in [-0.2, 0) is 14.8 Å². The molecule has 148 valence electrons. The maximum absolute atomic E-state index is 13.0. The van der Waals surface area contributed by atoms with Crippen molar-refractivity contribution in [2.45, 2.75) is 42.7 Å². The van der Waals surface area contributed by atoms with Crippen molar-refractivity contribution in [3.8, 4) is 11.5 Å². The van der Waals surface area contributed by atoms with Crippen LogP contribution in [0.3, 0.4) is 0 Å². The van der Waals surface area contributed by atoms with E-state index in [0.29, 0.717) is 37.8 Å². The number of nitrogens with one attached hydrogen (secondary N) is 2. The number of benzene rings is 1. The van der Waals surface area contributed by atoms with Crippen LogP contribution in [0, 0.1) is 0 Å². The quantitative estimate of drug-likeness (QED) is 0.773. The van der Waals surface area contributed by atoms with Gasteiger partial charge in [-0.05, 0) is 31.4 Å². The van der Waals surface area contributed by atoms with Gasteiger partial charge in [0, 0.05) is 44.2 Å². The van der Waals surface area contributed by atoms with Crippen molar-refractivity contribution in [3.05, 3.63) is 18.2 Å². The highest BCUT2D eigenvalue weighted by Crippen LogP contribution is 2.36. The van der Waals surface area contributed by atoms with Crippen LogP contribution in [0.5, 0.6) is 11.5 Å². The summed E-state index contributed by atoms with van der Waals surface area (Å²) in [6.07, 6.45) is 2.30. The van der Waals surface area contributed by atoms with Crippen molar-refractivity contribution in [2.24, 2.45) is 0 Å². The molecule has 1 aromatic rings. The highest BCUT2D eigenvalue weighted by atomic mass is 32.2. The summed E-state index contributed by atoms with van der Waals surface area (Å²) in [4.78, 5) is 11.5. The topological polar surface area (TPSA) is 97.0 Å². The van der Waals surface area contributed by atoms with Crippen LogP contribution in [0.2, 0.25) is 0 Å². The van der Waals surface area contributed by atoms with Gasteiger partial charge in [0.1, 0.15) is 13.2 Å². The Labute approximate surface area is 159 Å². The number of hydrogen-bond donors (Lipinski definition) is 2. The predicted octanol–water partition coefficient (Wildman–Crippen LogP) is 0.479. The van der Waals surface area contributed by atoms with E-state index < -0.39 is 10.0 Å². The van der Waals surface area contributed by atoms with E-state index in [-0.39, 0.29) is 22.4 Å². The summed E-state index contributed by atoms with van der Waals surface area (Å²) >= 11 is 0. The highest BCUT2D eigenvalue weighted by Gasteiger charge is 2.43. The molecule has 2 saturated heterocycles. The van der Waals surface area contributed by atoms with E-state index in [1.54, 1.807) is 18.2 Å². The van der Waals surface area contributed by atoms with Gasteiger partial charge in [0.25, 0.3) is 0 Å². The van der Waals surface area contributed by atoms with Gasteiger partial charge in [-0.15, -0.1) is 0 Å². The Kier molecular flexibility index (Phi) is 4.77. The number of carbonyl (C=O) groups excluding carboxylic acids is 1. The van der Waals surface area contributed by atoms with Gasteiger partial charge in [0.2, 0.25) is 15.9 Å². The Balaban J connectivity index is 1.44. The summed E-state index contributed by atoms with van der Waals surface area (Å²) in [7, 11) is -3.57. The van der Waals surface area contributed by atoms with E-state index in [1.807, 2.05) is 0 Å². The lowest BCUT2D eigenvalue weighted by Crippen LogP contribution is -2.51. The van der Waals surface area contributed by atoms with E-state index in [2.05, 4.69) is 10.6 Å². The zero-order chi connectivity index (χ0) is 19.1. The van der Waals surface area contributed by atoms with E-state index in [0.717, 1.165) is 25.8 Å². The van der Waals surface area contributed by atoms with Gasteiger partial charge in [-0.1, -0.05) is 0 Å². The lowest BCUT2D eigenvalue weighted by atomic mass is 9.86. The highest BCUT2D eigenvalue weighted by molar-refractivity contribution is 7.89. The Hall–Kier alpha value is -1.84. The molecule has 0 aliphatic carbocycles. The third-order valence-electron chi connectivity index (χ3n) is 5.60. The number of ether oxygens (including phenoxy) is 2. The first-order valence-electron chi connectivity index (χ1n) is 9.30. The molecule has 0 saturated carbocycles. The Morgan fingerprint density at radius 3 is 2.63 bits per heavy atom. The second-order valence-corrected chi connectivity index (χ2v) is 9.41. The number of sulfonamides is 1. The third-order valence-corrected chi connectivity index (χ3v) is 7.49. The molecule has 0 bridgehead atoms. The van der Waals surface area contributed by atoms with Crippen molar-refractivity contribution in [3.63, 3.8) is 0 Å². The molecule has 0 unspecified atom stereocenters. The summed E-state index contributed by atoms with van der Waals surface area (Å²) in [5, 5.41) is 6.46. The molecule has 27 heavy (non-hydrogen) atoms. The standard InChI is InChI=1S/C18H25N3O5S/c1-13(22)20-14-11-18(19-12-14)4-6-21(7-5-18)27(23,24)15-2-3-16-17(10-15)26-9-8-25-16/h2-3,10,14,19H,4-9,11-12H2,1H3,(H,20,22)/t14-/m1/s1. The minimum atomic E-state index is -3.57. The largest absolute Gasteiger partial charge is 0.486 e. The first kappa shape index (κ1) is 18.5. The smallest absolute Gasteiger partial charge is 0.243 e. The van der Waals surface area contributed by atoms with Crippen molar-refractivity contribution >= 4 is 15.9 Å². The normalized spacial score (nSPS) is 24.7. The Morgan fingerprint density at radius 1 is 1.22 bits per heavy atom. The molecule has 9 heteroatoms. The number of nitrogens with zero attached hydrogens (tertiary/aromatic N) is 1. The monoisotopic (exact) mass is 395 g/mol. The molecule has 1 amide bonds. The first-order chi connectivity index (χ1) is 12.9. The van der Waals surface area contributed by atoms with Crippen LogP contribution in [0.4, 0.5) is 0 Å². The number of fused-ring (bicyclic) bond motifs is 1. The van der Waals surface area contributed by atoms with Crippen molar-refractivity contribution < 1.29 is 22.7 Å². The van der Waals surface area contributed by atoms with Crippen LogP contribution in [-0.4, -0.2) is 63.1 Å². The number of piperidine rings is 1. The second-order valence-electron chi connectivity index (χ2n) is 7.47. The Morgan fingerprint density at radius 2 is 1.93 bits per heavy atom. The van der Waals surface area contributed by atoms with Gasteiger partial charge in [-0.3, -0.25) is 4.79 Å². The predicted molar refractivity (Wildman–Crippen MR) is 98.4 cm³/mol. The fraction of sp³-hybridized carbons (Fsp3) is 0.611. The molecule has 1 spiro atoms. The molecule has 1 atom stereocenters. The number of hydrogen-bond acceptors (Lipinski definition) is 6. The molecule has 2 N–H and O–H groups in total. The average molecular weight is 395 g/mol. The Bertz CT molecular complexity index is 833. The molecule has 0 aromatic heterocycles. The fourth-order valence-corrected chi connectivity index (χ4v) is 5.67. The van der Waals surface area contributed by atoms with Gasteiger partial charge >= 0.3 is 0 Å². The van der Waals surface area contributed by atoms with Crippen LogP contribution in [0.15, 0.2) is 23.1 Å². The zero-order valence-corrected chi connectivity index (χ0v) is 16.2. The third kappa shape index (κ3) is 3.63. The molecule has 1 aromatic carbocycles. The number of amides is 1. The molecule has 8 nitrogen and oxygen atoms in total. The van der Waals surface area contributed by atoms with Gasteiger partial charge < -0.3 is 20.1 Å². The van der Waals surface area contributed by atoms with Crippen LogP contribution >= 0.6 is 0 Å². The second kappa shape index (κ2) is 6.96. The van der Waals surface area contributed by atoms with Crippen molar-refractivity contribution in [2.75, 3.05) is 32.8 Å². The lowest BCUT2D eigenvalue weighted by Gasteiger charge is -2.39. The van der Waals surface area contributed by atoms with E-state index >= 15 is 0 Å². The van der Waals surface area contributed by atoms with Crippen LogP contribution in [0.1, 0.15) is 26.2 Å². The molecule has 2 fully saturated rings. The molecule has 3 heterocycles. The van der Waals surface area contributed by atoms with E-state index in [4.69, 9.17) is 9.47 Å². The molecular formula is C18H25N3O5S. The average Bonchev–Trinajstić information content (AvgIpc) is 3.03. The number of carbonyl (C=O) groups is 1. The molecule has 4 rings (SSSR count). The summed E-state index contributed by atoms with van der Waals surface area (Å²) in [6.45, 7) is 4.05. The van der Waals surface area contributed by atoms with E-state index in [9.17, 15) is 13.2 Å². The summed E-state index contributed by atoms with van der Waals surface area (Å²) in [5.74, 6) is 1.03. The summed E-state index contributed by atoms with van der Waals surface area (Å²) in [6, 6.07) is 4.90. The van der Waals surface area contributed by atoms with Gasteiger partial charge in [-0.2, -0.15) is 4.31 Å². The van der Waals surface area contributed by atoms with Crippen LogP contribution in [0.25, 0.3) is 0 Å². The summed E-state index contributed by atoms with van der Waals surface area (Å²) in [5.41, 5.74) is -0.0913. The maximum atomic E-state index is 13.0. The fourth-order valence-electron chi connectivity index (χ4n) is 4.21. The SMILES string of the molecule is CC(=O)N[C@H]1CNC2(CCN(S(=O)(=O)c3ccc4c(c3)OCCO4)CC2)C1. The van der Waals surface area contributed by atoms with Crippen LogP contribution < -0.4 is 20.1 Å². The van der Waals surface area contributed by atoms with E-state index in [1.165, 1.54) is 11.2 Å². The van der Waals surface area contributed by atoms with Gasteiger partial charge in [-0.25, -0.2) is 8.42 Å². The number of rotatable bonds is 3. The first-order valence-corrected chi connectivity index (χ1v) is 10.7. The maximum Gasteiger partial charge on any atom is 0.243 e. The minimum Gasteiger partial charge on any atom is -0.486 e. The zero-order valence-electron chi connectivity index (χ0n) is 15.4. The minimum absolute atomic E-state index is 0.0301. The van der Waals surface area contributed by atoms with Crippen molar-refractivity contribution in [1.82, 2.24) is 14.9 Å². The molecule has 0 radical (unpaired) electrons. The van der Waals surface area contributed by atoms with Gasteiger partial charge in [0.15, 0.2) is 11.5 Å². The van der Waals surface area contributed by atoms with Gasteiger partial charge in [0.05, 0.1) is 4.90 Å². The molecule has 3 aliphatic heterocycles. The molecular weight excluding hydrogens is 370 g/mol.